The number of benzene rings is 2. The van der Waals surface area contributed by atoms with Gasteiger partial charge in [-0.25, -0.2) is 0 Å². The van der Waals surface area contributed by atoms with Crippen molar-refractivity contribution in [2.24, 2.45) is 7.05 Å². The Morgan fingerprint density at radius 3 is 1.71 bits per heavy atom. The van der Waals surface area contributed by atoms with Gasteiger partial charge in [0.05, 0.1) is 15.8 Å². The van der Waals surface area contributed by atoms with Crippen molar-refractivity contribution in [3.05, 3.63) is 53.6 Å². The number of para-hydroxylation sites is 2. The van der Waals surface area contributed by atoms with Gasteiger partial charge in [-0.1, -0.05) is 35.9 Å². The zero-order chi connectivity index (χ0) is 11.1. The van der Waals surface area contributed by atoms with Gasteiger partial charge in [0.1, 0.15) is 7.05 Å². The third kappa shape index (κ3) is 1.76. The van der Waals surface area contributed by atoms with E-state index in [0.717, 1.165) is 26.8 Å². The van der Waals surface area contributed by atoms with Gasteiger partial charge < -0.3 is 12.4 Å². The summed E-state index contributed by atoms with van der Waals surface area (Å²) in [5, 5.41) is 3.04. The lowest BCUT2D eigenvalue weighted by Gasteiger charge is -2.04. The molecule has 3 aromatic rings. The fraction of sp³-hybridized carbons (Fsp3) is 0.0714. The molecule has 1 heterocycles. The second-order valence-corrected chi connectivity index (χ2v) is 4.29. The predicted octanol–water partition coefficient (Wildman–Crippen LogP) is 0.475. The van der Waals surface area contributed by atoms with Crippen LogP contribution in [0.25, 0.3) is 21.8 Å². The summed E-state index contributed by atoms with van der Waals surface area (Å²) in [6, 6.07) is 16.4. The molecule has 0 aliphatic rings. The maximum absolute atomic E-state index is 6.43. The van der Waals surface area contributed by atoms with Crippen LogP contribution in [0.2, 0.25) is 5.02 Å². The number of hydrogen-bond donors (Lipinski definition) is 0. The molecule has 2 aromatic carbocycles. The number of aromatic nitrogens is 1. The average Bonchev–Trinajstić information content (AvgIpc) is 2.36. The van der Waals surface area contributed by atoms with Gasteiger partial charge in [0.2, 0.25) is 11.0 Å². The molecular formula is C14H11Cl2N. The Morgan fingerprint density at radius 1 is 0.824 bits per heavy atom. The lowest BCUT2D eigenvalue weighted by Crippen LogP contribution is -3.00. The van der Waals surface area contributed by atoms with Crippen LogP contribution < -0.4 is 17.0 Å². The van der Waals surface area contributed by atoms with Crippen LogP contribution in [0.4, 0.5) is 0 Å². The first-order valence-corrected chi connectivity index (χ1v) is 5.62. The smallest absolute Gasteiger partial charge is 0.214 e. The molecule has 0 aliphatic carbocycles. The molecule has 0 amide bonds. The highest BCUT2D eigenvalue weighted by Crippen LogP contribution is 2.28. The van der Waals surface area contributed by atoms with Gasteiger partial charge in [-0.15, -0.1) is 0 Å². The number of hydrogen-bond acceptors (Lipinski definition) is 0. The summed E-state index contributed by atoms with van der Waals surface area (Å²) in [4.78, 5) is 0. The Morgan fingerprint density at radius 2 is 1.24 bits per heavy atom. The number of pyridine rings is 1. The molecule has 0 atom stereocenters. The zero-order valence-corrected chi connectivity index (χ0v) is 10.8. The Labute approximate surface area is 111 Å². The molecule has 86 valence electrons. The van der Waals surface area contributed by atoms with Crippen LogP contribution in [0.3, 0.4) is 0 Å². The maximum Gasteiger partial charge on any atom is 0.214 e. The first-order chi connectivity index (χ1) is 7.79. The van der Waals surface area contributed by atoms with Gasteiger partial charge in [0.25, 0.3) is 0 Å². The van der Waals surface area contributed by atoms with Gasteiger partial charge in [-0.2, -0.15) is 4.57 Å². The zero-order valence-electron chi connectivity index (χ0n) is 9.32. The lowest BCUT2D eigenvalue weighted by molar-refractivity contribution is -0.617. The molecule has 0 aliphatic heterocycles. The average molecular weight is 264 g/mol. The van der Waals surface area contributed by atoms with Crippen molar-refractivity contribution in [2.75, 3.05) is 0 Å². The van der Waals surface area contributed by atoms with Crippen LogP contribution >= 0.6 is 11.6 Å². The highest BCUT2D eigenvalue weighted by atomic mass is 35.5. The fourth-order valence-electron chi connectivity index (χ4n) is 2.18. The Hall–Kier alpha value is -1.31. The number of fused-ring (bicyclic) bond motifs is 2. The quantitative estimate of drug-likeness (QED) is 0.410. The molecule has 0 fully saturated rings. The third-order valence-corrected chi connectivity index (χ3v) is 3.41. The summed E-state index contributed by atoms with van der Waals surface area (Å²) in [6.07, 6.45) is 0. The molecule has 17 heavy (non-hydrogen) atoms. The minimum Gasteiger partial charge on any atom is -1.00 e. The van der Waals surface area contributed by atoms with E-state index in [4.69, 9.17) is 11.6 Å². The Kier molecular flexibility index (Phi) is 3.23. The summed E-state index contributed by atoms with van der Waals surface area (Å²) in [7, 11) is 2.07. The third-order valence-electron chi connectivity index (χ3n) is 3.00. The van der Waals surface area contributed by atoms with Crippen molar-refractivity contribution in [2.45, 2.75) is 0 Å². The van der Waals surface area contributed by atoms with Crippen LogP contribution in [0, 0.1) is 0 Å². The summed E-state index contributed by atoms with van der Waals surface area (Å²) < 4.78 is 2.18. The van der Waals surface area contributed by atoms with E-state index in [1.807, 2.05) is 24.3 Å². The van der Waals surface area contributed by atoms with Crippen molar-refractivity contribution >= 4 is 33.4 Å². The highest BCUT2D eigenvalue weighted by Gasteiger charge is 2.14. The molecule has 0 bridgehead atoms. The van der Waals surface area contributed by atoms with Crippen LogP contribution in [-0.4, -0.2) is 0 Å². The van der Waals surface area contributed by atoms with Crippen LogP contribution in [0.1, 0.15) is 0 Å². The number of nitrogens with zero attached hydrogens (tertiary/aromatic N) is 1. The summed E-state index contributed by atoms with van der Waals surface area (Å²) in [5.41, 5.74) is 2.32. The van der Waals surface area contributed by atoms with E-state index in [-0.39, 0.29) is 12.4 Å². The van der Waals surface area contributed by atoms with Gasteiger partial charge in [0.15, 0.2) is 0 Å². The van der Waals surface area contributed by atoms with Gasteiger partial charge in [-0.05, 0) is 12.1 Å². The molecule has 0 saturated heterocycles. The van der Waals surface area contributed by atoms with E-state index in [2.05, 4.69) is 35.9 Å². The van der Waals surface area contributed by atoms with E-state index in [9.17, 15) is 0 Å². The van der Waals surface area contributed by atoms with E-state index in [0.29, 0.717) is 0 Å². The van der Waals surface area contributed by atoms with E-state index in [1.54, 1.807) is 0 Å². The number of rotatable bonds is 0. The summed E-state index contributed by atoms with van der Waals surface area (Å²) in [5.74, 6) is 0. The number of aryl methyl sites for hydroxylation is 1. The van der Waals surface area contributed by atoms with E-state index in [1.165, 1.54) is 0 Å². The van der Waals surface area contributed by atoms with Crippen molar-refractivity contribution in [1.29, 1.82) is 0 Å². The normalized spacial score (nSPS) is 10.5. The van der Waals surface area contributed by atoms with Gasteiger partial charge in [0, 0.05) is 12.1 Å². The van der Waals surface area contributed by atoms with Crippen LogP contribution in [0.15, 0.2) is 48.5 Å². The van der Waals surface area contributed by atoms with Crippen molar-refractivity contribution in [1.82, 2.24) is 0 Å². The topological polar surface area (TPSA) is 3.88 Å². The lowest BCUT2D eigenvalue weighted by atomic mass is 10.1. The molecule has 0 N–H and O–H groups in total. The molecule has 0 radical (unpaired) electrons. The standard InChI is InChI=1S/C14H11ClN.ClH/c1-16-12-8-4-2-6-10(12)14(15)11-7-3-5-9-13(11)16;/h2-9H,1H3;1H/q+1;/p-1. The minimum absolute atomic E-state index is 0. The molecule has 1 nitrogen and oxygen atoms in total. The maximum atomic E-state index is 6.43. The van der Waals surface area contributed by atoms with E-state index >= 15 is 0 Å². The summed E-state index contributed by atoms with van der Waals surface area (Å²) in [6.45, 7) is 0. The molecule has 0 unspecified atom stereocenters. The fourth-order valence-corrected chi connectivity index (χ4v) is 2.50. The first kappa shape index (κ1) is 12.2. The second kappa shape index (κ2) is 4.52. The number of halogens is 2. The second-order valence-electron chi connectivity index (χ2n) is 3.91. The largest absolute Gasteiger partial charge is 1.00 e. The first-order valence-electron chi connectivity index (χ1n) is 5.24. The minimum atomic E-state index is 0. The Balaban J connectivity index is 0.00000108. The predicted molar refractivity (Wildman–Crippen MR) is 67.6 cm³/mol. The SMILES string of the molecule is C[n+]1c2ccccc2c(Cl)c2ccccc21.[Cl-]. The van der Waals surface area contributed by atoms with Crippen molar-refractivity contribution in [3.8, 4) is 0 Å². The molecule has 3 rings (SSSR count). The highest BCUT2D eigenvalue weighted by molar-refractivity contribution is 6.39. The Bertz CT molecular complexity index is 575. The molecule has 0 saturated carbocycles. The molecule has 3 heteroatoms. The molecule has 0 spiro atoms. The van der Waals surface area contributed by atoms with Gasteiger partial charge in [-0.3, -0.25) is 0 Å². The molecule has 1 aromatic heterocycles. The van der Waals surface area contributed by atoms with Crippen molar-refractivity contribution < 1.29 is 17.0 Å². The van der Waals surface area contributed by atoms with Crippen molar-refractivity contribution in [3.63, 3.8) is 0 Å². The van der Waals surface area contributed by atoms with Crippen LogP contribution in [-0.2, 0) is 7.05 Å². The molecular weight excluding hydrogens is 253 g/mol. The van der Waals surface area contributed by atoms with E-state index < -0.39 is 0 Å². The summed E-state index contributed by atoms with van der Waals surface area (Å²) >= 11 is 6.43. The van der Waals surface area contributed by atoms with Gasteiger partial charge >= 0.3 is 0 Å². The monoisotopic (exact) mass is 263 g/mol. The van der Waals surface area contributed by atoms with Crippen LogP contribution in [0.5, 0.6) is 0 Å².